The van der Waals surface area contributed by atoms with E-state index in [4.69, 9.17) is 0 Å². The number of aryl methyl sites for hydroxylation is 1. The fraction of sp³-hybridized carbons (Fsp3) is 0.214. The lowest BCUT2D eigenvalue weighted by molar-refractivity contribution is -0.116. The number of benzene rings is 1. The minimum Gasteiger partial charge on any atom is -0.300 e. The van der Waals surface area contributed by atoms with Crippen LogP contribution >= 0.6 is 0 Å². The van der Waals surface area contributed by atoms with Gasteiger partial charge in [-0.2, -0.15) is 0 Å². The van der Waals surface area contributed by atoms with Crippen LogP contribution in [0.5, 0.6) is 0 Å². The molecule has 0 unspecified atom stereocenters. The molecule has 0 aliphatic rings. The van der Waals surface area contributed by atoms with Crippen LogP contribution in [0, 0.1) is 12.7 Å². The highest BCUT2D eigenvalue weighted by Crippen LogP contribution is 2.18. The van der Waals surface area contributed by atoms with Crippen molar-refractivity contribution in [2.24, 2.45) is 0 Å². The second-order valence-electron chi connectivity index (χ2n) is 4.20. The summed E-state index contributed by atoms with van der Waals surface area (Å²) in [7, 11) is 0. The average Bonchev–Trinajstić information content (AvgIpc) is 2.28. The van der Waals surface area contributed by atoms with E-state index in [2.05, 4.69) is 9.97 Å². The van der Waals surface area contributed by atoms with Crippen molar-refractivity contribution in [3.63, 3.8) is 0 Å². The van der Waals surface area contributed by atoms with Crippen molar-refractivity contribution in [2.45, 2.75) is 20.3 Å². The fourth-order valence-electron chi connectivity index (χ4n) is 1.70. The second kappa shape index (κ2) is 5.04. The summed E-state index contributed by atoms with van der Waals surface area (Å²) in [6.07, 6.45) is 0.218. The molecule has 0 radical (unpaired) electrons. The minimum absolute atomic E-state index is 0.0191. The van der Waals surface area contributed by atoms with Crippen molar-refractivity contribution < 1.29 is 9.18 Å². The van der Waals surface area contributed by atoms with E-state index >= 15 is 0 Å². The van der Waals surface area contributed by atoms with Crippen molar-refractivity contribution >= 4 is 5.78 Å². The number of Topliss-reactive ketones (excluding diaryl/α,β-unsaturated/α-hetero) is 1. The van der Waals surface area contributed by atoms with Crippen LogP contribution in [0.1, 0.15) is 18.4 Å². The highest BCUT2D eigenvalue weighted by Gasteiger charge is 2.06. The van der Waals surface area contributed by atoms with E-state index in [1.165, 1.54) is 19.1 Å². The number of halogens is 1. The zero-order chi connectivity index (χ0) is 13.1. The Morgan fingerprint density at radius 1 is 1.22 bits per heavy atom. The molecule has 3 nitrogen and oxygen atoms in total. The molecule has 2 aromatic rings. The summed E-state index contributed by atoms with van der Waals surface area (Å²) in [5.41, 5.74) is 2.31. The Kier molecular flexibility index (Phi) is 3.46. The van der Waals surface area contributed by atoms with E-state index in [1.54, 1.807) is 12.1 Å². The largest absolute Gasteiger partial charge is 0.300 e. The van der Waals surface area contributed by atoms with Crippen LogP contribution in [0.2, 0.25) is 0 Å². The lowest BCUT2D eigenvalue weighted by Gasteiger charge is -2.05. The van der Waals surface area contributed by atoms with Gasteiger partial charge in [-0.05, 0) is 44.2 Å². The van der Waals surface area contributed by atoms with Gasteiger partial charge >= 0.3 is 0 Å². The van der Waals surface area contributed by atoms with Crippen molar-refractivity contribution in [2.75, 3.05) is 0 Å². The predicted molar refractivity (Wildman–Crippen MR) is 66.5 cm³/mol. The Balaban J connectivity index is 2.41. The number of hydrogen-bond acceptors (Lipinski definition) is 3. The Morgan fingerprint density at radius 2 is 1.89 bits per heavy atom. The minimum atomic E-state index is -0.284. The Bertz CT molecular complexity index is 579. The first-order chi connectivity index (χ1) is 8.54. The molecule has 0 atom stereocenters. The molecule has 0 amide bonds. The van der Waals surface area contributed by atoms with Gasteiger partial charge in [0.2, 0.25) is 0 Å². The van der Waals surface area contributed by atoms with Gasteiger partial charge in [0.15, 0.2) is 0 Å². The van der Waals surface area contributed by atoms with E-state index in [0.717, 1.165) is 11.3 Å². The second-order valence-corrected chi connectivity index (χ2v) is 4.20. The smallest absolute Gasteiger partial charge is 0.137 e. The molecule has 92 valence electrons. The summed E-state index contributed by atoms with van der Waals surface area (Å²) in [6.45, 7) is 3.35. The topological polar surface area (TPSA) is 42.9 Å². The first-order valence-corrected chi connectivity index (χ1v) is 5.64. The zero-order valence-corrected chi connectivity index (χ0v) is 10.3. The van der Waals surface area contributed by atoms with Gasteiger partial charge in [-0.25, -0.2) is 14.4 Å². The van der Waals surface area contributed by atoms with Crippen molar-refractivity contribution in [3.05, 3.63) is 47.7 Å². The van der Waals surface area contributed by atoms with Gasteiger partial charge in [-0.15, -0.1) is 0 Å². The van der Waals surface area contributed by atoms with Gasteiger partial charge in [-0.1, -0.05) is 0 Å². The van der Waals surface area contributed by atoms with E-state index < -0.39 is 0 Å². The fourth-order valence-corrected chi connectivity index (χ4v) is 1.70. The van der Waals surface area contributed by atoms with Crippen molar-refractivity contribution in [3.8, 4) is 11.3 Å². The molecule has 1 aromatic heterocycles. The zero-order valence-electron chi connectivity index (χ0n) is 10.3. The molecule has 0 saturated carbocycles. The molecule has 0 aliphatic carbocycles. The van der Waals surface area contributed by atoms with E-state index in [1.807, 2.05) is 13.0 Å². The number of hydrogen-bond donors (Lipinski definition) is 0. The number of aromatic nitrogens is 2. The summed E-state index contributed by atoms with van der Waals surface area (Å²) in [5.74, 6) is 0.237. The molecule has 0 N–H and O–H groups in total. The van der Waals surface area contributed by atoms with Gasteiger partial charge in [0.05, 0.1) is 12.1 Å². The third kappa shape index (κ3) is 2.97. The molecule has 0 bridgehead atoms. The number of carbonyl (C=O) groups excluding carboxylic acids is 1. The van der Waals surface area contributed by atoms with Gasteiger partial charge in [-0.3, -0.25) is 4.79 Å². The van der Waals surface area contributed by atoms with Crippen LogP contribution in [0.3, 0.4) is 0 Å². The highest BCUT2D eigenvalue weighted by atomic mass is 19.1. The first kappa shape index (κ1) is 12.4. The van der Waals surface area contributed by atoms with Crippen LogP contribution in [0.25, 0.3) is 11.3 Å². The maximum atomic E-state index is 12.9. The maximum absolute atomic E-state index is 12.9. The van der Waals surface area contributed by atoms with Crippen molar-refractivity contribution in [1.82, 2.24) is 9.97 Å². The number of nitrogens with zero attached hydrogens (tertiary/aromatic N) is 2. The van der Waals surface area contributed by atoms with Crippen molar-refractivity contribution in [1.29, 1.82) is 0 Å². The number of carbonyl (C=O) groups is 1. The number of ketones is 1. The van der Waals surface area contributed by atoms with Crippen LogP contribution in [0.15, 0.2) is 30.3 Å². The monoisotopic (exact) mass is 244 g/mol. The van der Waals surface area contributed by atoms with E-state index in [0.29, 0.717) is 11.5 Å². The van der Waals surface area contributed by atoms with Gasteiger partial charge in [0.25, 0.3) is 0 Å². The Labute approximate surface area is 105 Å². The Morgan fingerprint density at radius 3 is 2.50 bits per heavy atom. The SMILES string of the molecule is CC(=O)Cc1nc(C)cc(-c2ccc(F)cc2)n1. The molecule has 1 heterocycles. The normalized spacial score (nSPS) is 10.4. The summed E-state index contributed by atoms with van der Waals surface area (Å²) >= 11 is 0. The van der Waals surface area contributed by atoms with Gasteiger partial charge in [0, 0.05) is 11.3 Å². The molecule has 2 rings (SSSR count). The third-order valence-corrected chi connectivity index (χ3v) is 2.45. The van der Waals surface area contributed by atoms with E-state index in [-0.39, 0.29) is 18.0 Å². The molecule has 18 heavy (non-hydrogen) atoms. The number of rotatable bonds is 3. The quantitative estimate of drug-likeness (QED) is 0.833. The van der Waals surface area contributed by atoms with Crippen LogP contribution in [-0.4, -0.2) is 15.8 Å². The highest BCUT2D eigenvalue weighted by molar-refractivity contribution is 5.77. The van der Waals surface area contributed by atoms with Gasteiger partial charge in [0.1, 0.15) is 17.4 Å². The molecule has 0 spiro atoms. The Hall–Kier alpha value is -2.10. The molecular weight excluding hydrogens is 231 g/mol. The molecule has 0 fully saturated rings. The third-order valence-electron chi connectivity index (χ3n) is 2.45. The summed E-state index contributed by atoms with van der Waals surface area (Å²) in [5, 5.41) is 0. The first-order valence-electron chi connectivity index (χ1n) is 5.64. The average molecular weight is 244 g/mol. The maximum Gasteiger partial charge on any atom is 0.137 e. The predicted octanol–water partition coefficient (Wildman–Crippen LogP) is 2.72. The molecule has 0 aliphatic heterocycles. The van der Waals surface area contributed by atoms with Crippen LogP contribution in [0.4, 0.5) is 4.39 Å². The lowest BCUT2D eigenvalue weighted by Crippen LogP contribution is -2.04. The standard InChI is InChI=1S/C14H13FN2O/c1-9-7-13(11-3-5-12(15)6-4-11)17-14(16-9)8-10(2)18/h3-7H,8H2,1-2H3. The molecular formula is C14H13FN2O. The van der Waals surface area contributed by atoms with Gasteiger partial charge < -0.3 is 0 Å². The molecule has 0 saturated heterocycles. The van der Waals surface area contributed by atoms with E-state index in [9.17, 15) is 9.18 Å². The summed E-state index contributed by atoms with van der Waals surface area (Å²) < 4.78 is 12.9. The molecule has 1 aromatic carbocycles. The summed E-state index contributed by atoms with van der Waals surface area (Å²) in [4.78, 5) is 19.6. The summed E-state index contributed by atoms with van der Waals surface area (Å²) in [6, 6.07) is 7.91. The van der Waals surface area contributed by atoms with Crippen LogP contribution < -0.4 is 0 Å². The molecule has 4 heteroatoms. The lowest BCUT2D eigenvalue weighted by atomic mass is 10.1. The van der Waals surface area contributed by atoms with Crippen LogP contribution in [-0.2, 0) is 11.2 Å².